The van der Waals surface area contributed by atoms with Gasteiger partial charge < -0.3 is 10.4 Å². The molecule has 2 aromatic rings. The van der Waals surface area contributed by atoms with Crippen molar-refractivity contribution in [1.82, 2.24) is 4.98 Å². The summed E-state index contributed by atoms with van der Waals surface area (Å²) in [5, 5.41) is 11.5. The van der Waals surface area contributed by atoms with E-state index in [9.17, 15) is 9.59 Å². The van der Waals surface area contributed by atoms with Crippen LogP contribution in [0.2, 0.25) is 10.0 Å². The lowest BCUT2D eigenvalue weighted by atomic mass is 10.2. The average molecular weight is 390 g/mol. The minimum Gasteiger partial charge on any atom is -0.478 e. The molecular formula is C13H7BrCl2N2O3. The molecule has 108 valence electrons. The third-order valence-electron chi connectivity index (χ3n) is 2.50. The van der Waals surface area contributed by atoms with Gasteiger partial charge in [0.1, 0.15) is 5.69 Å². The van der Waals surface area contributed by atoms with Crippen molar-refractivity contribution in [2.45, 2.75) is 0 Å². The van der Waals surface area contributed by atoms with Crippen molar-refractivity contribution in [3.63, 3.8) is 0 Å². The Morgan fingerprint density at radius 1 is 1.24 bits per heavy atom. The molecule has 0 aliphatic carbocycles. The number of amides is 1. The molecule has 0 spiro atoms. The van der Waals surface area contributed by atoms with E-state index in [0.29, 0.717) is 4.47 Å². The Kier molecular flexibility index (Phi) is 4.82. The molecule has 1 heterocycles. The highest BCUT2D eigenvalue weighted by molar-refractivity contribution is 9.10. The van der Waals surface area contributed by atoms with E-state index in [-0.39, 0.29) is 27.0 Å². The second kappa shape index (κ2) is 6.43. The first-order chi connectivity index (χ1) is 9.90. The number of aromatic carboxylic acids is 1. The summed E-state index contributed by atoms with van der Waals surface area (Å²) >= 11 is 15.1. The number of nitrogens with zero attached hydrogens (tertiary/aromatic N) is 1. The Hall–Kier alpha value is -1.63. The highest BCUT2D eigenvalue weighted by atomic mass is 79.9. The number of carboxylic acid groups (broad SMARTS) is 1. The van der Waals surface area contributed by atoms with Gasteiger partial charge in [-0.15, -0.1) is 0 Å². The van der Waals surface area contributed by atoms with Crippen LogP contribution in [0, 0.1) is 0 Å². The van der Waals surface area contributed by atoms with Gasteiger partial charge in [0, 0.05) is 10.7 Å². The first-order valence-electron chi connectivity index (χ1n) is 5.54. The number of carboxylic acids is 1. The molecule has 5 nitrogen and oxygen atoms in total. The maximum absolute atomic E-state index is 12.1. The van der Waals surface area contributed by atoms with Crippen molar-refractivity contribution in [3.05, 3.63) is 56.2 Å². The predicted octanol–water partition coefficient (Wildman–Crippen LogP) is 4.10. The maximum Gasteiger partial charge on any atom is 0.335 e. The van der Waals surface area contributed by atoms with Crippen molar-refractivity contribution < 1.29 is 14.7 Å². The number of carbonyl (C=O) groups excluding carboxylic acids is 1. The van der Waals surface area contributed by atoms with Crippen LogP contribution in [0.5, 0.6) is 0 Å². The smallest absolute Gasteiger partial charge is 0.335 e. The molecule has 1 amide bonds. The van der Waals surface area contributed by atoms with Crippen molar-refractivity contribution in [2.75, 3.05) is 5.32 Å². The standard InChI is InChI=1S/C13H7BrCl2N2O3/c14-7-2-1-3-17-10(7)12(19)18-11-8(15)4-6(13(20)21)5-9(11)16/h1-5H,(H,18,19)(H,20,21). The van der Waals surface area contributed by atoms with Gasteiger partial charge >= 0.3 is 5.97 Å². The van der Waals surface area contributed by atoms with Gasteiger partial charge in [-0.2, -0.15) is 0 Å². The van der Waals surface area contributed by atoms with Crippen LogP contribution >= 0.6 is 39.1 Å². The summed E-state index contributed by atoms with van der Waals surface area (Å²) in [5.41, 5.74) is 0.222. The third kappa shape index (κ3) is 3.53. The van der Waals surface area contributed by atoms with Gasteiger partial charge in [0.2, 0.25) is 0 Å². The van der Waals surface area contributed by atoms with Gasteiger partial charge in [-0.1, -0.05) is 23.2 Å². The highest BCUT2D eigenvalue weighted by Crippen LogP contribution is 2.32. The molecule has 21 heavy (non-hydrogen) atoms. The average Bonchev–Trinajstić information content (AvgIpc) is 2.42. The number of pyridine rings is 1. The van der Waals surface area contributed by atoms with Gasteiger partial charge in [-0.05, 0) is 40.2 Å². The van der Waals surface area contributed by atoms with Crippen LogP contribution in [0.3, 0.4) is 0 Å². The Bertz CT molecular complexity index is 714. The SMILES string of the molecule is O=C(O)c1cc(Cl)c(NC(=O)c2ncccc2Br)c(Cl)c1. The maximum atomic E-state index is 12.1. The summed E-state index contributed by atoms with van der Waals surface area (Å²) in [6, 6.07) is 5.75. The second-order valence-corrected chi connectivity index (χ2v) is 5.58. The molecule has 0 aliphatic heterocycles. The Balaban J connectivity index is 2.34. The van der Waals surface area contributed by atoms with Crippen LogP contribution < -0.4 is 5.32 Å². The van der Waals surface area contributed by atoms with Gasteiger partial charge in [0.05, 0.1) is 21.3 Å². The van der Waals surface area contributed by atoms with Crippen LogP contribution in [0.1, 0.15) is 20.8 Å². The molecule has 1 aromatic carbocycles. The lowest BCUT2D eigenvalue weighted by Crippen LogP contribution is -2.15. The summed E-state index contributed by atoms with van der Waals surface area (Å²) in [6.45, 7) is 0. The van der Waals surface area contributed by atoms with Crippen molar-refractivity contribution in [1.29, 1.82) is 0 Å². The largest absolute Gasteiger partial charge is 0.478 e. The third-order valence-corrected chi connectivity index (χ3v) is 3.74. The highest BCUT2D eigenvalue weighted by Gasteiger charge is 2.17. The fourth-order valence-electron chi connectivity index (χ4n) is 1.54. The normalized spacial score (nSPS) is 10.2. The summed E-state index contributed by atoms with van der Waals surface area (Å²) < 4.78 is 0.511. The van der Waals surface area contributed by atoms with Gasteiger partial charge in [-0.25, -0.2) is 9.78 Å². The fraction of sp³-hybridized carbons (Fsp3) is 0. The second-order valence-electron chi connectivity index (χ2n) is 3.91. The summed E-state index contributed by atoms with van der Waals surface area (Å²) in [4.78, 5) is 26.9. The molecule has 2 rings (SSSR count). The van der Waals surface area contributed by atoms with E-state index < -0.39 is 11.9 Å². The van der Waals surface area contributed by atoms with Crippen molar-refractivity contribution in [3.8, 4) is 0 Å². The monoisotopic (exact) mass is 388 g/mol. The topological polar surface area (TPSA) is 79.3 Å². The van der Waals surface area contributed by atoms with E-state index in [2.05, 4.69) is 26.2 Å². The lowest BCUT2D eigenvalue weighted by molar-refractivity contribution is 0.0696. The Labute approximate surface area is 138 Å². The molecule has 0 unspecified atom stereocenters. The Morgan fingerprint density at radius 3 is 2.38 bits per heavy atom. The summed E-state index contributed by atoms with van der Waals surface area (Å²) in [7, 11) is 0. The quantitative estimate of drug-likeness (QED) is 0.828. The molecule has 1 aromatic heterocycles. The zero-order valence-corrected chi connectivity index (χ0v) is 13.3. The van der Waals surface area contributed by atoms with Crippen molar-refractivity contribution >= 4 is 56.7 Å². The van der Waals surface area contributed by atoms with Gasteiger partial charge in [0.15, 0.2) is 0 Å². The number of hydrogen-bond acceptors (Lipinski definition) is 3. The molecule has 0 fully saturated rings. The van der Waals surface area contributed by atoms with E-state index in [1.165, 1.54) is 18.3 Å². The van der Waals surface area contributed by atoms with Crippen LogP contribution in [0.15, 0.2) is 34.9 Å². The molecular weight excluding hydrogens is 383 g/mol. The number of aromatic nitrogens is 1. The minimum atomic E-state index is -1.16. The van der Waals surface area contributed by atoms with Crippen LogP contribution in [-0.4, -0.2) is 22.0 Å². The first kappa shape index (κ1) is 15.8. The van der Waals surface area contributed by atoms with Crippen LogP contribution in [0.25, 0.3) is 0 Å². The van der Waals surface area contributed by atoms with Gasteiger partial charge in [-0.3, -0.25) is 4.79 Å². The molecule has 0 bridgehead atoms. The van der Waals surface area contributed by atoms with Crippen LogP contribution in [0.4, 0.5) is 5.69 Å². The minimum absolute atomic E-state index is 0.0281. The molecule has 0 saturated heterocycles. The number of nitrogens with one attached hydrogen (secondary N) is 1. The van der Waals surface area contributed by atoms with Crippen LogP contribution in [-0.2, 0) is 0 Å². The fourth-order valence-corrected chi connectivity index (χ4v) is 2.56. The van der Waals surface area contributed by atoms with E-state index >= 15 is 0 Å². The molecule has 0 saturated carbocycles. The predicted molar refractivity (Wildman–Crippen MR) is 83.3 cm³/mol. The summed E-state index contributed by atoms with van der Waals surface area (Å²) in [6.07, 6.45) is 1.47. The number of benzene rings is 1. The zero-order chi connectivity index (χ0) is 15.6. The first-order valence-corrected chi connectivity index (χ1v) is 7.09. The molecule has 8 heteroatoms. The van der Waals surface area contributed by atoms with Gasteiger partial charge in [0.25, 0.3) is 5.91 Å². The molecule has 2 N–H and O–H groups in total. The van der Waals surface area contributed by atoms with E-state index in [0.717, 1.165) is 0 Å². The molecule has 0 radical (unpaired) electrons. The Morgan fingerprint density at radius 2 is 1.86 bits per heavy atom. The number of anilines is 1. The number of hydrogen-bond donors (Lipinski definition) is 2. The molecule has 0 atom stereocenters. The summed E-state index contributed by atoms with van der Waals surface area (Å²) in [5.74, 6) is -1.68. The lowest BCUT2D eigenvalue weighted by Gasteiger charge is -2.10. The van der Waals surface area contributed by atoms with E-state index in [1.54, 1.807) is 12.1 Å². The molecule has 0 aliphatic rings. The number of carbonyl (C=O) groups is 2. The number of halogens is 3. The van der Waals surface area contributed by atoms with Crippen molar-refractivity contribution in [2.24, 2.45) is 0 Å². The van der Waals surface area contributed by atoms with E-state index in [4.69, 9.17) is 28.3 Å². The number of rotatable bonds is 3. The zero-order valence-electron chi connectivity index (χ0n) is 10.2. The van der Waals surface area contributed by atoms with E-state index in [1.807, 2.05) is 0 Å².